The molecule has 19 heavy (non-hydrogen) atoms. The fourth-order valence-electron chi connectivity index (χ4n) is 2.01. The third kappa shape index (κ3) is 3.24. The molecular formula is C14H18N2O3. The second kappa shape index (κ2) is 5.73. The second-order valence-corrected chi connectivity index (χ2v) is 4.86. The largest absolute Gasteiger partial charge is 0.478 e. The van der Waals surface area contributed by atoms with Crippen LogP contribution in [0.15, 0.2) is 24.3 Å². The van der Waals surface area contributed by atoms with E-state index in [1.54, 1.807) is 29.2 Å². The van der Waals surface area contributed by atoms with E-state index in [0.717, 1.165) is 18.4 Å². The topological polar surface area (TPSA) is 69.6 Å². The minimum absolute atomic E-state index is 0.0768. The van der Waals surface area contributed by atoms with E-state index in [1.165, 1.54) is 6.42 Å². The van der Waals surface area contributed by atoms with Gasteiger partial charge in [-0.3, -0.25) is 0 Å². The van der Waals surface area contributed by atoms with Gasteiger partial charge in [-0.25, -0.2) is 9.59 Å². The molecule has 2 rings (SSSR count). The Morgan fingerprint density at radius 2 is 1.95 bits per heavy atom. The number of hydrogen-bond donors (Lipinski definition) is 2. The van der Waals surface area contributed by atoms with Crippen LogP contribution in [0.4, 0.5) is 4.79 Å². The molecule has 0 unspecified atom stereocenters. The third-order valence-electron chi connectivity index (χ3n) is 3.59. The van der Waals surface area contributed by atoms with Crippen molar-refractivity contribution < 1.29 is 14.7 Å². The van der Waals surface area contributed by atoms with Crippen LogP contribution in [-0.4, -0.2) is 35.1 Å². The number of urea groups is 1. The average molecular weight is 262 g/mol. The van der Waals surface area contributed by atoms with Gasteiger partial charge >= 0.3 is 12.0 Å². The first-order valence-corrected chi connectivity index (χ1v) is 6.41. The summed E-state index contributed by atoms with van der Waals surface area (Å²) in [6, 6.07) is 6.81. The molecule has 2 amide bonds. The fraction of sp³-hybridized carbons (Fsp3) is 0.429. The molecule has 1 aromatic carbocycles. The van der Waals surface area contributed by atoms with Crippen molar-refractivity contribution in [1.29, 1.82) is 0 Å². The lowest BCUT2D eigenvalue weighted by Gasteiger charge is -2.34. The predicted molar refractivity (Wildman–Crippen MR) is 71.0 cm³/mol. The Labute approximate surface area is 112 Å². The van der Waals surface area contributed by atoms with Crippen molar-refractivity contribution >= 4 is 12.0 Å². The van der Waals surface area contributed by atoms with Gasteiger partial charge in [-0.2, -0.15) is 0 Å². The van der Waals surface area contributed by atoms with E-state index >= 15 is 0 Å². The standard InChI is InChI=1S/C14H18N2O3/c1-16(12-3-2-4-12)14(19)15-9-10-5-7-11(8-6-10)13(17)18/h5-8,12H,2-4,9H2,1H3,(H,15,19)(H,17,18). The average Bonchev–Trinajstić information content (AvgIpc) is 2.34. The fourth-order valence-corrected chi connectivity index (χ4v) is 2.01. The molecule has 5 nitrogen and oxygen atoms in total. The summed E-state index contributed by atoms with van der Waals surface area (Å²) in [4.78, 5) is 24.3. The number of aromatic carboxylic acids is 1. The molecule has 0 atom stereocenters. The van der Waals surface area contributed by atoms with Crippen molar-refractivity contribution in [3.8, 4) is 0 Å². The van der Waals surface area contributed by atoms with Crippen LogP contribution >= 0.6 is 0 Å². The molecule has 1 fully saturated rings. The number of carboxylic acids is 1. The van der Waals surface area contributed by atoms with Crippen LogP contribution in [0, 0.1) is 0 Å². The summed E-state index contributed by atoms with van der Waals surface area (Å²) in [5.74, 6) is -0.944. The van der Waals surface area contributed by atoms with Crippen molar-refractivity contribution in [3.63, 3.8) is 0 Å². The molecule has 0 saturated heterocycles. The van der Waals surface area contributed by atoms with Gasteiger partial charge in [0.1, 0.15) is 0 Å². The number of carboxylic acid groups (broad SMARTS) is 1. The second-order valence-electron chi connectivity index (χ2n) is 4.86. The summed E-state index contributed by atoms with van der Waals surface area (Å²) >= 11 is 0. The number of rotatable bonds is 4. The minimum atomic E-state index is -0.944. The van der Waals surface area contributed by atoms with E-state index in [2.05, 4.69) is 5.32 Å². The number of amides is 2. The Balaban J connectivity index is 1.84. The maximum atomic E-state index is 11.8. The van der Waals surface area contributed by atoms with E-state index in [9.17, 15) is 9.59 Å². The van der Waals surface area contributed by atoms with Crippen LogP contribution in [0.1, 0.15) is 35.2 Å². The SMILES string of the molecule is CN(C(=O)NCc1ccc(C(=O)O)cc1)C1CCC1. The molecular weight excluding hydrogens is 244 g/mol. The van der Waals surface area contributed by atoms with Crippen LogP contribution in [0.25, 0.3) is 0 Å². The number of hydrogen-bond acceptors (Lipinski definition) is 2. The van der Waals surface area contributed by atoms with Crippen LogP contribution < -0.4 is 5.32 Å². The summed E-state index contributed by atoms with van der Waals surface area (Å²) in [5.41, 5.74) is 1.14. The summed E-state index contributed by atoms with van der Waals surface area (Å²) in [7, 11) is 1.81. The normalized spacial score (nSPS) is 14.6. The first-order chi connectivity index (χ1) is 9.08. The maximum absolute atomic E-state index is 11.8. The van der Waals surface area contributed by atoms with Gasteiger partial charge in [0.15, 0.2) is 0 Å². The van der Waals surface area contributed by atoms with E-state index in [0.29, 0.717) is 12.6 Å². The van der Waals surface area contributed by atoms with Gasteiger partial charge < -0.3 is 15.3 Å². The lowest BCUT2D eigenvalue weighted by atomic mass is 9.92. The molecule has 0 aliphatic heterocycles. The molecule has 1 aromatic rings. The number of nitrogens with one attached hydrogen (secondary N) is 1. The van der Waals surface area contributed by atoms with Crippen molar-refractivity contribution in [1.82, 2.24) is 10.2 Å². The van der Waals surface area contributed by atoms with E-state index in [1.807, 2.05) is 7.05 Å². The van der Waals surface area contributed by atoms with Gasteiger partial charge in [0.05, 0.1) is 5.56 Å². The van der Waals surface area contributed by atoms with Crippen LogP contribution in [0.3, 0.4) is 0 Å². The Morgan fingerprint density at radius 3 is 2.42 bits per heavy atom. The van der Waals surface area contributed by atoms with Crippen molar-refractivity contribution in [2.75, 3.05) is 7.05 Å². The summed E-state index contributed by atoms with van der Waals surface area (Å²) < 4.78 is 0. The molecule has 0 aromatic heterocycles. The summed E-state index contributed by atoms with van der Waals surface area (Å²) in [6.45, 7) is 0.412. The number of benzene rings is 1. The predicted octanol–water partition coefficient (Wildman–Crippen LogP) is 2.08. The molecule has 5 heteroatoms. The Kier molecular flexibility index (Phi) is 4.04. The number of carbonyl (C=O) groups is 2. The van der Waals surface area contributed by atoms with Crippen LogP contribution in [0.2, 0.25) is 0 Å². The van der Waals surface area contributed by atoms with Crippen LogP contribution in [0.5, 0.6) is 0 Å². The zero-order valence-corrected chi connectivity index (χ0v) is 10.9. The smallest absolute Gasteiger partial charge is 0.335 e. The van der Waals surface area contributed by atoms with E-state index < -0.39 is 5.97 Å². The molecule has 1 aliphatic rings. The molecule has 0 radical (unpaired) electrons. The Morgan fingerprint density at radius 1 is 1.32 bits per heavy atom. The van der Waals surface area contributed by atoms with Crippen molar-refractivity contribution in [2.24, 2.45) is 0 Å². The first kappa shape index (κ1) is 13.4. The lowest BCUT2D eigenvalue weighted by molar-refractivity contribution is 0.0697. The van der Waals surface area contributed by atoms with E-state index in [4.69, 9.17) is 5.11 Å². The molecule has 1 saturated carbocycles. The van der Waals surface area contributed by atoms with Gasteiger partial charge in [0, 0.05) is 19.6 Å². The summed E-state index contributed by atoms with van der Waals surface area (Å²) in [6.07, 6.45) is 3.35. The first-order valence-electron chi connectivity index (χ1n) is 6.41. The minimum Gasteiger partial charge on any atom is -0.478 e. The van der Waals surface area contributed by atoms with Gasteiger partial charge in [-0.05, 0) is 37.0 Å². The third-order valence-corrected chi connectivity index (χ3v) is 3.59. The lowest BCUT2D eigenvalue weighted by Crippen LogP contribution is -2.46. The number of carbonyl (C=O) groups excluding carboxylic acids is 1. The highest BCUT2D eigenvalue weighted by atomic mass is 16.4. The molecule has 0 heterocycles. The maximum Gasteiger partial charge on any atom is 0.335 e. The highest BCUT2D eigenvalue weighted by molar-refractivity contribution is 5.87. The zero-order chi connectivity index (χ0) is 13.8. The van der Waals surface area contributed by atoms with Gasteiger partial charge in [-0.1, -0.05) is 12.1 Å². The zero-order valence-electron chi connectivity index (χ0n) is 10.9. The molecule has 0 bridgehead atoms. The molecule has 1 aliphatic carbocycles. The molecule has 2 N–H and O–H groups in total. The molecule has 102 valence electrons. The van der Waals surface area contributed by atoms with Crippen molar-refractivity contribution in [2.45, 2.75) is 31.8 Å². The monoisotopic (exact) mass is 262 g/mol. The highest BCUT2D eigenvalue weighted by Crippen LogP contribution is 2.23. The summed E-state index contributed by atoms with van der Waals surface area (Å²) in [5, 5.41) is 11.6. The highest BCUT2D eigenvalue weighted by Gasteiger charge is 2.25. The van der Waals surface area contributed by atoms with Crippen molar-refractivity contribution in [3.05, 3.63) is 35.4 Å². The quantitative estimate of drug-likeness (QED) is 0.872. The Hall–Kier alpha value is -2.04. The van der Waals surface area contributed by atoms with Crippen LogP contribution in [-0.2, 0) is 6.54 Å². The van der Waals surface area contributed by atoms with Gasteiger partial charge in [0.2, 0.25) is 0 Å². The molecule has 0 spiro atoms. The van der Waals surface area contributed by atoms with Gasteiger partial charge in [0.25, 0.3) is 0 Å². The number of nitrogens with zero attached hydrogens (tertiary/aromatic N) is 1. The van der Waals surface area contributed by atoms with E-state index in [-0.39, 0.29) is 11.6 Å². The van der Waals surface area contributed by atoms with Gasteiger partial charge in [-0.15, -0.1) is 0 Å². The Bertz CT molecular complexity index is 466.